The van der Waals surface area contributed by atoms with Gasteiger partial charge in [-0.1, -0.05) is 43.1 Å². The molecule has 0 amide bonds. The molecule has 5 heteroatoms. The molecule has 0 aliphatic rings. The van der Waals surface area contributed by atoms with Gasteiger partial charge in [-0.15, -0.1) is 0 Å². The van der Waals surface area contributed by atoms with Crippen molar-refractivity contribution < 1.29 is 13.9 Å². The standard InChI is InChI=1S/C21H21ClO4/c1-3-4-7-14-10-21(23)26-19-12-20(17(22)11-16(14)19)25-13-15-8-5-6-9-18(15)24-2/h5-6,8-12H,3-4,7,13H2,1-2H3. The molecule has 0 unspecified atom stereocenters. The summed E-state index contributed by atoms with van der Waals surface area (Å²) in [4.78, 5) is 11.9. The van der Waals surface area contributed by atoms with Crippen molar-refractivity contribution in [2.75, 3.05) is 7.11 Å². The van der Waals surface area contributed by atoms with Crippen LogP contribution in [0.15, 0.2) is 51.7 Å². The predicted molar refractivity (Wildman–Crippen MR) is 103 cm³/mol. The number of methoxy groups -OCH3 is 1. The van der Waals surface area contributed by atoms with Gasteiger partial charge in [0.15, 0.2) is 0 Å². The van der Waals surface area contributed by atoms with Crippen LogP contribution in [0.25, 0.3) is 11.0 Å². The van der Waals surface area contributed by atoms with Crippen LogP contribution >= 0.6 is 11.6 Å². The van der Waals surface area contributed by atoms with Crippen LogP contribution in [0.2, 0.25) is 5.02 Å². The molecule has 0 fully saturated rings. The Morgan fingerprint density at radius 3 is 2.65 bits per heavy atom. The van der Waals surface area contributed by atoms with Crippen molar-refractivity contribution >= 4 is 22.6 Å². The van der Waals surface area contributed by atoms with Gasteiger partial charge in [0.25, 0.3) is 0 Å². The summed E-state index contributed by atoms with van der Waals surface area (Å²) in [5.41, 5.74) is 1.99. The van der Waals surface area contributed by atoms with Crippen molar-refractivity contribution in [2.24, 2.45) is 0 Å². The lowest BCUT2D eigenvalue weighted by atomic mass is 10.0. The number of rotatable bonds is 7. The van der Waals surface area contributed by atoms with E-state index in [1.165, 1.54) is 0 Å². The zero-order valence-corrected chi connectivity index (χ0v) is 15.6. The van der Waals surface area contributed by atoms with Gasteiger partial charge in [0.1, 0.15) is 23.7 Å². The quantitative estimate of drug-likeness (QED) is 0.522. The highest BCUT2D eigenvalue weighted by Gasteiger charge is 2.12. The molecule has 0 N–H and O–H groups in total. The molecule has 3 rings (SSSR count). The molecule has 1 heterocycles. The van der Waals surface area contributed by atoms with Crippen LogP contribution in [0.5, 0.6) is 11.5 Å². The monoisotopic (exact) mass is 372 g/mol. The van der Waals surface area contributed by atoms with Crippen LogP contribution < -0.4 is 15.1 Å². The normalized spacial score (nSPS) is 10.9. The minimum atomic E-state index is -0.360. The maximum atomic E-state index is 11.9. The summed E-state index contributed by atoms with van der Waals surface area (Å²) in [5.74, 6) is 1.22. The van der Waals surface area contributed by atoms with Crippen LogP contribution in [-0.4, -0.2) is 7.11 Å². The molecule has 4 nitrogen and oxygen atoms in total. The molecule has 2 aromatic carbocycles. The van der Waals surface area contributed by atoms with E-state index in [1.807, 2.05) is 30.3 Å². The third-order valence-electron chi connectivity index (χ3n) is 4.26. The van der Waals surface area contributed by atoms with Crippen LogP contribution in [0.1, 0.15) is 30.9 Å². The summed E-state index contributed by atoms with van der Waals surface area (Å²) in [6.45, 7) is 2.42. The van der Waals surface area contributed by atoms with E-state index in [0.29, 0.717) is 23.0 Å². The van der Waals surface area contributed by atoms with E-state index in [2.05, 4.69) is 6.92 Å². The Labute approximate surface area is 157 Å². The molecular formula is C21H21ClO4. The molecule has 0 spiro atoms. The van der Waals surface area contributed by atoms with Gasteiger partial charge in [0.2, 0.25) is 0 Å². The van der Waals surface area contributed by atoms with E-state index < -0.39 is 0 Å². The molecule has 0 saturated carbocycles. The molecule has 136 valence electrons. The number of benzene rings is 2. The summed E-state index contributed by atoms with van der Waals surface area (Å²) in [6, 6.07) is 12.7. The maximum absolute atomic E-state index is 11.9. The third-order valence-corrected chi connectivity index (χ3v) is 4.55. The third kappa shape index (κ3) is 4.02. The Morgan fingerprint density at radius 1 is 1.08 bits per heavy atom. The minimum absolute atomic E-state index is 0.301. The summed E-state index contributed by atoms with van der Waals surface area (Å²) >= 11 is 6.41. The lowest BCUT2D eigenvalue weighted by Crippen LogP contribution is -2.02. The molecule has 0 aliphatic heterocycles. The van der Waals surface area contributed by atoms with E-state index in [0.717, 1.165) is 41.5 Å². The zero-order chi connectivity index (χ0) is 18.5. The van der Waals surface area contributed by atoms with E-state index in [1.54, 1.807) is 19.2 Å². The molecule has 0 atom stereocenters. The van der Waals surface area contributed by atoms with Crippen LogP contribution in [0.4, 0.5) is 0 Å². The number of hydrogen-bond acceptors (Lipinski definition) is 4. The van der Waals surface area contributed by atoms with Crippen LogP contribution in [0.3, 0.4) is 0 Å². The summed E-state index contributed by atoms with van der Waals surface area (Å²) in [7, 11) is 1.62. The van der Waals surface area contributed by atoms with Crippen LogP contribution in [-0.2, 0) is 13.0 Å². The Bertz CT molecular complexity index is 962. The average molecular weight is 373 g/mol. The van der Waals surface area contributed by atoms with Crippen molar-refractivity contribution in [1.29, 1.82) is 0 Å². The average Bonchev–Trinajstić information content (AvgIpc) is 2.65. The van der Waals surface area contributed by atoms with Crippen molar-refractivity contribution in [3.05, 3.63) is 69.0 Å². The van der Waals surface area contributed by atoms with Gasteiger partial charge in [0.05, 0.1) is 12.1 Å². The van der Waals surface area contributed by atoms with Crippen LogP contribution in [0, 0.1) is 0 Å². The number of fused-ring (bicyclic) bond motifs is 1. The van der Waals surface area contributed by atoms with Gasteiger partial charge < -0.3 is 13.9 Å². The van der Waals surface area contributed by atoms with Gasteiger partial charge in [0, 0.05) is 23.1 Å². The number of unbranched alkanes of at least 4 members (excludes halogenated alkanes) is 1. The minimum Gasteiger partial charge on any atom is -0.496 e. The van der Waals surface area contributed by atoms with E-state index >= 15 is 0 Å². The Morgan fingerprint density at radius 2 is 1.88 bits per heavy atom. The fourth-order valence-corrected chi connectivity index (χ4v) is 3.11. The molecular weight excluding hydrogens is 352 g/mol. The highest BCUT2D eigenvalue weighted by atomic mass is 35.5. The summed E-state index contributed by atoms with van der Waals surface area (Å²) < 4.78 is 16.5. The van der Waals surface area contributed by atoms with Gasteiger partial charge in [-0.2, -0.15) is 0 Å². The molecule has 0 radical (unpaired) electrons. The number of hydrogen-bond donors (Lipinski definition) is 0. The number of aryl methyl sites for hydroxylation is 1. The van der Waals surface area contributed by atoms with Crippen molar-refractivity contribution in [2.45, 2.75) is 32.8 Å². The highest BCUT2D eigenvalue weighted by Crippen LogP contribution is 2.32. The first-order valence-corrected chi connectivity index (χ1v) is 9.01. The largest absolute Gasteiger partial charge is 0.496 e. The van der Waals surface area contributed by atoms with Crippen molar-refractivity contribution in [1.82, 2.24) is 0 Å². The summed E-state index contributed by atoms with van der Waals surface area (Å²) in [6.07, 6.45) is 2.87. The maximum Gasteiger partial charge on any atom is 0.336 e. The number of halogens is 1. The zero-order valence-electron chi connectivity index (χ0n) is 14.9. The first kappa shape index (κ1) is 18.3. The second kappa shape index (κ2) is 8.28. The molecule has 1 aromatic heterocycles. The molecule has 0 bridgehead atoms. The van der Waals surface area contributed by atoms with E-state index in [9.17, 15) is 4.79 Å². The topological polar surface area (TPSA) is 48.7 Å². The highest BCUT2D eigenvalue weighted by molar-refractivity contribution is 6.32. The lowest BCUT2D eigenvalue weighted by molar-refractivity contribution is 0.297. The Balaban J connectivity index is 1.92. The second-order valence-electron chi connectivity index (χ2n) is 6.07. The molecule has 3 aromatic rings. The number of ether oxygens (including phenoxy) is 2. The van der Waals surface area contributed by atoms with Crippen molar-refractivity contribution in [3.63, 3.8) is 0 Å². The predicted octanol–water partition coefficient (Wildman–Crippen LogP) is 5.38. The fraction of sp³-hybridized carbons (Fsp3) is 0.286. The summed E-state index contributed by atoms with van der Waals surface area (Å²) in [5, 5.41) is 1.34. The molecule has 0 saturated heterocycles. The smallest absolute Gasteiger partial charge is 0.336 e. The van der Waals surface area contributed by atoms with Gasteiger partial charge >= 0.3 is 5.63 Å². The molecule has 26 heavy (non-hydrogen) atoms. The van der Waals surface area contributed by atoms with E-state index in [-0.39, 0.29) is 5.63 Å². The lowest BCUT2D eigenvalue weighted by Gasteiger charge is -2.12. The Kier molecular flexibility index (Phi) is 5.84. The first-order valence-electron chi connectivity index (χ1n) is 8.63. The SMILES string of the molecule is CCCCc1cc(=O)oc2cc(OCc3ccccc3OC)c(Cl)cc12. The van der Waals surface area contributed by atoms with Crippen molar-refractivity contribution in [3.8, 4) is 11.5 Å². The second-order valence-corrected chi connectivity index (χ2v) is 6.48. The first-order chi connectivity index (χ1) is 12.6. The number of para-hydroxylation sites is 1. The van der Waals surface area contributed by atoms with E-state index in [4.69, 9.17) is 25.5 Å². The van der Waals surface area contributed by atoms with Gasteiger partial charge in [-0.25, -0.2) is 4.79 Å². The van der Waals surface area contributed by atoms with Gasteiger partial charge in [-0.05, 0) is 30.5 Å². The van der Waals surface area contributed by atoms with Gasteiger partial charge in [-0.3, -0.25) is 0 Å². The molecule has 0 aliphatic carbocycles. The Hall–Kier alpha value is -2.46. The fourth-order valence-electron chi connectivity index (χ4n) is 2.89.